The molecule has 9 heteroatoms. The SMILES string of the molecule is C=N[C@@H](C([O-])=N[C@@H]1C(=O)N2[C@@H]1SC(C)(C)[C@@H]2C(=O)O)c1ccccc1.[Na+]. The molecule has 2 aliphatic rings. The van der Waals surface area contributed by atoms with E-state index in [1.54, 1.807) is 38.1 Å². The molecule has 1 amide bonds. The number of carboxylic acid groups (broad SMARTS) is 1. The van der Waals surface area contributed by atoms with E-state index in [4.69, 9.17) is 0 Å². The molecular weight excluding hydrogens is 365 g/mol. The molecular formula is C17H18N3NaO4S. The van der Waals surface area contributed by atoms with Gasteiger partial charge in [0.05, 0.1) is 0 Å². The van der Waals surface area contributed by atoms with E-state index >= 15 is 0 Å². The van der Waals surface area contributed by atoms with Crippen LogP contribution in [0.5, 0.6) is 0 Å². The maximum atomic E-state index is 12.5. The molecule has 2 aliphatic heterocycles. The molecule has 0 spiro atoms. The molecule has 2 fully saturated rings. The molecule has 4 atom stereocenters. The molecule has 0 radical (unpaired) electrons. The van der Waals surface area contributed by atoms with Gasteiger partial charge in [-0.25, -0.2) is 4.79 Å². The van der Waals surface area contributed by atoms with Gasteiger partial charge in [-0.05, 0) is 32.0 Å². The molecule has 0 bridgehead atoms. The normalized spacial score (nSPS) is 27.8. The molecule has 3 rings (SSSR count). The van der Waals surface area contributed by atoms with Gasteiger partial charge in [0.1, 0.15) is 17.5 Å². The minimum Gasteiger partial charge on any atom is -0.860 e. The Labute approximate surface area is 177 Å². The van der Waals surface area contributed by atoms with Crippen molar-refractivity contribution in [3.63, 3.8) is 0 Å². The number of amides is 1. The van der Waals surface area contributed by atoms with Crippen LogP contribution in [0.1, 0.15) is 25.5 Å². The number of nitrogens with zero attached hydrogens (tertiary/aromatic N) is 3. The number of carboxylic acids is 1. The third-order valence-corrected chi connectivity index (χ3v) is 6.00. The Bertz CT molecular complexity index is 756. The molecule has 0 aliphatic carbocycles. The first-order chi connectivity index (χ1) is 11.8. The minimum atomic E-state index is -1.05. The number of aliphatic imine (C=N–C) groups is 2. The number of rotatable bonds is 5. The first-order valence-corrected chi connectivity index (χ1v) is 8.64. The van der Waals surface area contributed by atoms with Crippen LogP contribution in [0.15, 0.2) is 40.3 Å². The number of hydrogen-bond acceptors (Lipinski definition) is 6. The average Bonchev–Trinajstić information content (AvgIpc) is 2.82. The third kappa shape index (κ3) is 3.43. The Morgan fingerprint density at radius 2 is 2.00 bits per heavy atom. The molecule has 0 unspecified atom stereocenters. The van der Waals surface area contributed by atoms with Crippen molar-refractivity contribution in [2.75, 3.05) is 0 Å². The third-order valence-electron chi connectivity index (χ3n) is 4.44. The summed E-state index contributed by atoms with van der Waals surface area (Å²) in [5, 5.41) is 21.5. The molecule has 26 heavy (non-hydrogen) atoms. The zero-order valence-electron chi connectivity index (χ0n) is 14.8. The van der Waals surface area contributed by atoms with E-state index < -0.39 is 46.0 Å². The van der Waals surface area contributed by atoms with Crippen LogP contribution >= 0.6 is 11.8 Å². The van der Waals surface area contributed by atoms with E-state index in [0.717, 1.165) is 0 Å². The fourth-order valence-electron chi connectivity index (χ4n) is 3.28. The van der Waals surface area contributed by atoms with Crippen molar-refractivity contribution in [3.8, 4) is 0 Å². The van der Waals surface area contributed by atoms with Crippen LogP contribution in [0, 0.1) is 0 Å². The van der Waals surface area contributed by atoms with Gasteiger partial charge < -0.3 is 15.1 Å². The van der Waals surface area contributed by atoms with Crippen molar-refractivity contribution < 1.29 is 49.4 Å². The van der Waals surface area contributed by atoms with Crippen LogP contribution in [0.2, 0.25) is 0 Å². The summed E-state index contributed by atoms with van der Waals surface area (Å²) in [5.74, 6) is -2.02. The summed E-state index contributed by atoms with van der Waals surface area (Å²) in [6, 6.07) is 6.23. The van der Waals surface area contributed by atoms with E-state index in [9.17, 15) is 19.8 Å². The summed E-state index contributed by atoms with van der Waals surface area (Å²) < 4.78 is -0.644. The van der Waals surface area contributed by atoms with Crippen LogP contribution in [0.25, 0.3) is 0 Å². The summed E-state index contributed by atoms with van der Waals surface area (Å²) in [5.41, 5.74) is 0.651. The number of carbonyl (C=O) groups excluding carboxylic acids is 1. The number of benzene rings is 1. The van der Waals surface area contributed by atoms with Gasteiger partial charge in [0, 0.05) is 4.75 Å². The quantitative estimate of drug-likeness (QED) is 0.267. The molecule has 1 aromatic rings. The van der Waals surface area contributed by atoms with Gasteiger partial charge >= 0.3 is 35.5 Å². The molecule has 2 saturated heterocycles. The first kappa shape index (κ1) is 21.0. The number of fused-ring (bicyclic) bond motifs is 1. The Hall–Kier alpha value is -1.35. The molecule has 1 aromatic carbocycles. The number of hydrogen-bond donors (Lipinski definition) is 1. The summed E-state index contributed by atoms with van der Waals surface area (Å²) in [6.07, 6.45) is 0. The van der Waals surface area contributed by atoms with E-state index in [-0.39, 0.29) is 29.6 Å². The zero-order chi connectivity index (χ0) is 18.4. The number of aliphatic carboxylic acids is 1. The average molecular weight is 383 g/mol. The minimum absolute atomic E-state index is 0. The topological polar surface area (TPSA) is 105 Å². The summed E-state index contributed by atoms with van der Waals surface area (Å²) in [7, 11) is 0. The second-order valence-corrected chi connectivity index (χ2v) is 8.28. The van der Waals surface area contributed by atoms with Crippen LogP contribution in [-0.4, -0.2) is 56.7 Å². The molecule has 2 heterocycles. The standard InChI is InChI=1S/C17H19N3O4S.Na/c1-17(2)12(16(23)24)20-14(22)11(15(20)25-17)19-13(21)10(18-3)9-7-5-4-6-8-9;/h4-8,10-12,15H,3H2,1-2H3,(H,19,21)(H,23,24);/q;+1/p-1/t10-,11-,12+,15-;/m1./s1. The first-order valence-electron chi connectivity index (χ1n) is 7.76. The number of carbonyl (C=O) groups is 2. The Morgan fingerprint density at radius 1 is 1.38 bits per heavy atom. The monoisotopic (exact) mass is 383 g/mol. The largest absolute Gasteiger partial charge is 1.00 e. The van der Waals surface area contributed by atoms with Gasteiger partial charge in [-0.1, -0.05) is 30.3 Å². The second-order valence-electron chi connectivity index (χ2n) is 6.51. The molecule has 132 valence electrons. The van der Waals surface area contributed by atoms with Gasteiger partial charge in [-0.3, -0.25) is 14.8 Å². The van der Waals surface area contributed by atoms with Gasteiger partial charge in [-0.15, -0.1) is 11.8 Å². The van der Waals surface area contributed by atoms with Crippen LogP contribution < -0.4 is 34.7 Å². The predicted molar refractivity (Wildman–Crippen MR) is 93.7 cm³/mol. The molecule has 7 nitrogen and oxygen atoms in total. The van der Waals surface area contributed by atoms with Crippen LogP contribution in [0.3, 0.4) is 0 Å². The second kappa shape index (κ2) is 7.72. The van der Waals surface area contributed by atoms with Gasteiger partial charge in [-0.2, -0.15) is 0 Å². The number of thioether (sulfide) groups is 1. The predicted octanol–water partition coefficient (Wildman–Crippen LogP) is -2.29. The van der Waals surface area contributed by atoms with E-state index in [1.807, 2.05) is 6.07 Å². The van der Waals surface area contributed by atoms with Crippen molar-refractivity contribution in [2.24, 2.45) is 9.98 Å². The Balaban J connectivity index is 0.00000243. The molecule has 0 saturated carbocycles. The Kier molecular flexibility index (Phi) is 6.22. The summed E-state index contributed by atoms with van der Waals surface area (Å²) in [4.78, 5) is 33.1. The van der Waals surface area contributed by atoms with Gasteiger partial charge in [0.25, 0.3) is 5.91 Å². The maximum Gasteiger partial charge on any atom is 1.00 e. The van der Waals surface area contributed by atoms with Gasteiger partial charge in [0.15, 0.2) is 6.04 Å². The zero-order valence-corrected chi connectivity index (χ0v) is 17.6. The Morgan fingerprint density at radius 3 is 2.54 bits per heavy atom. The van der Waals surface area contributed by atoms with Crippen molar-refractivity contribution in [2.45, 2.75) is 42.1 Å². The molecule has 0 aromatic heterocycles. The van der Waals surface area contributed by atoms with Gasteiger partial charge in [0.2, 0.25) is 0 Å². The van der Waals surface area contributed by atoms with E-state index in [0.29, 0.717) is 5.56 Å². The smallest absolute Gasteiger partial charge is 0.860 e. The molecule has 1 N–H and O–H groups in total. The summed E-state index contributed by atoms with van der Waals surface area (Å²) >= 11 is 1.36. The van der Waals surface area contributed by atoms with Crippen molar-refractivity contribution >= 4 is 36.3 Å². The van der Waals surface area contributed by atoms with Crippen molar-refractivity contribution in [1.82, 2.24) is 4.90 Å². The van der Waals surface area contributed by atoms with E-state index in [2.05, 4.69) is 16.7 Å². The van der Waals surface area contributed by atoms with Crippen molar-refractivity contribution in [3.05, 3.63) is 35.9 Å². The van der Waals surface area contributed by atoms with Crippen molar-refractivity contribution in [1.29, 1.82) is 0 Å². The van der Waals surface area contributed by atoms with Crippen LogP contribution in [0.4, 0.5) is 0 Å². The fraction of sp³-hybridized carbons (Fsp3) is 0.412. The summed E-state index contributed by atoms with van der Waals surface area (Å²) in [6.45, 7) is 7.00. The van der Waals surface area contributed by atoms with Crippen LogP contribution in [-0.2, 0) is 9.59 Å². The fourth-order valence-corrected chi connectivity index (χ4v) is 4.89. The van der Waals surface area contributed by atoms with E-state index in [1.165, 1.54) is 16.7 Å². The number of β-lactam (4-membered cyclic amide) rings is 1. The maximum absolute atomic E-state index is 12.5.